The van der Waals surface area contributed by atoms with Crippen LogP contribution in [0.1, 0.15) is 12.1 Å². The smallest absolute Gasteiger partial charge is 0.282 e. The first kappa shape index (κ1) is 22.7. The molecule has 0 N–H and O–H groups in total. The molecular formula is C25H23F2N3O2S. The molecule has 0 aliphatic carbocycles. The van der Waals surface area contributed by atoms with Crippen LogP contribution < -0.4 is 4.90 Å². The van der Waals surface area contributed by atoms with Crippen LogP contribution in [0.15, 0.2) is 83.8 Å². The molecule has 0 bridgehead atoms. The van der Waals surface area contributed by atoms with Gasteiger partial charge in [0.15, 0.2) is 9.84 Å². The highest BCUT2D eigenvalue weighted by Crippen LogP contribution is 2.40. The zero-order valence-electron chi connectivity index (χ0n) is 18.4. The van der Waals surface area contributed by atoms with E-state index in [0.29, 0.717) is 28.1 Å². The molecule has 0 unspecified atom stereocenters. The molecule has 0 radical (unpaired) electrons. The summed E-state index contributed by atoms with van der Waals surface area (Å²) in [7, 11) is 0.439. The van der Waals surface area contributed by atoms with Gasteiger partial charge in [-0.3, -0.25) is 0 Å². The second kappa shape index (κ2) is 8.78. The van der Waals surface area contributed by atoms with E-state index in [0.717, 1.165) is 11.9 Å². The van der Waals surface area contributed by atoms with E-state index >= 15 is 0 Å². The summed E-state index contributed by atoms with van der Waals surface area (Å²) in [6.45, 7) is 0. The Hall–Kier alpha value is -3.52. The molecule has 4 rings (SSSR count). The molecule has 170 valence electrons. The van der Waals surface area contributed by atoms with Crippen LogP contribution in [0.5, 0.6) is 0 Å². The van der Waals surface area contributed by atoms with Crippen LogP contribution in [0, 0.1) is 0 Å². The zero-order chi connectivity index (χ0) is 23.8. The van der Waals surface area contributed by atoms with Crippen molar-refractivity contribution in [3.05, 3.63) is 84.6 Å². The van der Waals surface area contributed by atoms with E-state index in [-0.39, 0.29) is 10.6 Å². The number of anilines is 1. The topological polar surface area (TPSA) is 55.2 Å². The monoisotopic (exact) mass is 467 g/mol. The maximum absolute atomic E-state index is 14.2. The summed E-state index contributed by atoms with van der Waals surface area (Å²) >= 11 is 0. The van der Waals surface area contributed by atoms with Crippen LogP contribution in [0.2, 0.25) is 0 Å². The number of alkyl halides is 2. The fourth-order valence-corrected chi connectivity index (χ4v) is 4.31. The molecule has 0 aliphatic rings. The first-order chi connectivity index (χ1) is 15.7. The number of halogens is 2. The van der Waals surface area contributed by atoms with Crippen molar-refractivity contribution >= 4 is 15.5 Å². The van der Waals surface area contributed by atoms with Crippen LogP contribution in [0.25, 0.3) is 28.1 Å². The molecule has 4 aromatic rings. The van der Waals surface area contributed by atoms with Crippen LogP contribution >= 0.6 is 0 Å². The van der Waals surface area contributed by atoms with Gasteiger partial charge in [-0.2, -0.15) is 5.10 Å². The van der Waals surface area contributed by atoms with Gasteiger partial charge in [0.1, 0.15) is 5.69 Å². The average Bonchev–Trinajstić information content (AvgIpc) is 3.20. The molecule has 0 fully saturated rings. The largest absolute Gasteiger partial charge is 0.378 e. The average molecular weight is 468 g/mol. The van der Waals surface area contributed by atoms with Gasteiger partial charge in [0.25, 0.3) is 6.43 Å². The normalized spacial score (nSPS) is 11.7. The van der Waals surface area contributed by atoms with Gasteiger partial charge in [-0.15, -0.1) is 0 Å². The van der Waals surface area contributed by atoms with Crippen LogP contribution in [0.4, 0.5) is 14.5 Å². The van der Waals surface area contributed by atoms with E-state index in [2.05, 4.69) is 5.10 Å². The highest BCUT2D eigenvalue weighted by atomic mass is 32.2. The molecule has 0 spiro atoms. The van der Waals surface area contributed by atoms with Crippen molar-refractivity contribution in [2.45, 2.75) is 11.3 Å². The minimum atomic E-state index is -3.39. The van der Waals surface area contributed by atoms with Gasteiger partial charge >= 0.3 is 0 Å². The molecule has 0 saturated carbocycles. The number of benzene rings is 3. The summed E-state index contributed by atoms with van der Waals surface area (Å²) in [4.78, 5) is 2.10. The summed E-state index contributed by atoms with van der Waals surface area (Å²) in [5.74, 6) is 0. The van der Waals surface area contributed by atoms with Crippen molar-refractivity contribution in [3.8, 4) is 28.1 Å². The third-order valence-corrected chi connectivity index (χ3v) is 6.48. The van der Waals surface area contributed by atoms with Gasteiger partial charge < -0.3 is 4.90 Å². The SMILES string of the molecule is CN(C)c1ccc(-n2nc(C(F)F)c(-c3ccccc3)c2-c2ccc(S(C)(=O)=O)cc2)cc1. The van der Waals surface area contributed by atoms with E-state index in [9.17, 15) is 17.2 Å². The van der Waals surface area contributed by atoms with E-state index < -0.39 is 16.3 Å². The van der Waals surface area contributed by atoms with Crippen molar-refractivity contribution in [2.75, 3.05) is 25.3 Å². The van der Waals surface area contributed by atoms with Crippen molar-refractivity contribution in [3.63, 3.8) is 0 Å². The van der Waals surface area contributed by atoms with E-state index in [1.165, 1.54) is 16.8 Å². The Morgan fingerprint density at radius 3 is 1.97 bits per heavy atom. The van der Waals surface area contributed by atoms with Crippen LogP contribution in [0.3, 0.4) is 0 Å². The molecule has 0 aliphatic heterocycles. The predicted octanol–water partition coefficient (Wildman–Crippen LogP) is 5.61. The van der Waals surface area contributed by atoms with E-state index in [1.807, 2.05) is 49.3 Å². The lowest BCUT2D eigenvalue weighted by molar-refractivity contribution is 0.146. The first-order valence-corrected chi connectivity index (χ1v) is 12.1. The van der Waals surface area contributed by atoms with Crippen molar-refractivity contribution in [1.29, 1.82) is 0 Å². The Balaban J connectivity index is 2.00. The number of aromatic nitrogens is 2. The first-order valence-electron chi connectivity index (χ1n) is 10.2. The molecule has 8 heteroatoms. The molecule has 0 atom stereocenters. The zero-order valence-corrected chi connectivity index (χ0v) is 19.2. The van der Waals surface area contributed by atoms with Crippen molar-refractivity contribution in [2.24, 2.45) is 0 Å². The Labute approximate surface area is 191 Å². The molecule has 0 amide bonds. The molecule has 0 saturated heterocycles. The second-order valence-electron chi connectivity index (χ2n) is 7.89. The van der Waals surface area contributed by atoms with Gasteiger partial charge in [-0.05, 0) is 42.0 Å². The Kier molecular flexibility index (Phi) is 6.03. The lowest BCUT2D eigenvalue weighted by Crippen LogP contribution is -2.08. The number of hydrogen-bond acceptors (Lipinski definition) is 4. The third kappa shape index (κ3) is 4.52. The Morgan fingerprint density at radius 2 is 1.45 bits per heavy atom. The van der Waals surface area contributed by atoms with Gasteiger partial charge in [-0.25, -0.2) is 21.9 Å². The molecule has 1 aromatic heterocycles. The standard InChI is InChI=1S/C25H23F2N3O2S/c1-29(2)19-11-13-20(14-12-19)30-24(18-9-15-21(16-10-18)33(3,31)32)22(23(28-30)25(26)27)17-7-5-4-6-8-17/h4-16,25H,1-3H3. The Bertz CT molecular complexity index is 1360. The van der Waals surface area contributed by atoms with E-state index in [4.69, 9.17) is 0 Å². The summed E-state index contributed by atoms with van der Waals surface area (Å²) in [5.41, 5.74) is 3.21. The van der Waals surface area contributed by atoms with Crippen LogP contribution in [-0.4, -0.2) is 38.5 Å². The number of nitrogens with zero attached hydrogens (tertiary/aromatic N) is 3. The van der Waals surface area contributed by atoms with Gasteiger partial charge in [0, 0.05) is 37.2 Å². The lowest BCUT2D eigenvalue weighted by atomic mass is 9.98. The summed E-state index contributed by atoms with van der Waals surface area (Å²) in [6, 6.07) is 22.5. The Morgan fingerprint density at radius 1 is 0.848 bits per heavy atom. The number of hydrogen-bond donors (Lipinski definition) is 0. The van der Waals surface area contributed by atoms with Crippen molar-refractivity contribution in [1.82, 2.24) is 9.78 Å². The summed E-state index contributed by atoms with van der Waals surface area (Å²) in [5, 5.41) is 4.31. The van der Waals surface area contributed by atoms with Crippen LogP contribution in [-0.2, 0) is 9.84 Å². The lowest BCUT2D eigenvalue weighted by Gasteiger charge is -2.14. The molecule has 5 nitrogen and oxygen atoms in total. The highest BCUT2D eigenvalue weighted by molar-refractivity contribution is 7.90. The summed E-state index contributed by atoms with van der Waals surface area (Å²) < 4.78 is 53.7. The maximum atomic E-state index is 14.2. The number of rotatable bonds is 6. The third-order valence-electron chi connectivity index (χ3n) is 5.35. The molecular weight excluding hydrogens is 444 g/mol. The van der Waals surface area contributed by atoms with Gasteiger partial charge in [0.05, 0.1) is 16.3 Å². The maximum Gasteiger partial charge on any atom is 0.282 e. The van der Waals surface area contributed by atoms with E-state index in [1.54, 1.807) is 36.4 Å². The molecule has 3 aromatic carbocycles. The fourth-order valence-electron chi connectivity index (χ4n) is 3.68. The molecule has 33 heavy (non-hydrogen) atoms. The summed E-state index contributed by atoms with van der Waals surface area (Å²) in [6.07, 6.45) is -1.67. The number of sulfone groups is 1. The second-order valence-corrected chi connectivity index (χ2v) is 9.91. The fraction of sp³-hybridized carbons (Fsp3) is 0.160. The van der Waals surface area contributed by atoms with Gasteiger partial charge in [0.2, 0.25) is 0 Å². The van der Waals surface area contributed by atoms with Gasteiger partial charge in [-0.1, -0.05) is 42.5 Å². The predicted molar refractivity (Wildman–Crippen MR) is 127 cm³/mol. The highest BCUT2D eigenvalue weighted by Gasteiger charge is 2.27. The minimum Gasteiger partial charge on any atom is -0.378 e. The quantitative estimate of drug-likeness (QED) is 0.370. The minimum absolute atomic E-state index is 0.156. The van der Waals surface area contributed by atoms with Crippen molar-refractivity contribution < 1.29 is 17.2 Å². The molecule has 1 heterocycles.